The van der Waals surface area contributed by atoms with Gasteiger partial charge >= 0.3 is 0 Å². The molecule has 1 aromatic heterocycles. The predicted molar refractivity (Wildman–Crippen MR) is 93.9 cm³/mol. The highest BCUT2D eigenvalue weighted by Gasteiger charge is 2.26. The predicted octanol–water partition coefficient (Wildman–Crippen LogP) is 2.75. The third kappa shape index (κ3) is 2.19. The van der Waals surface area contributed by atoms with Crippen molar-refractivity contribution < 1.29 is 0 Å². The second-order valence-electron chi connectivity index (χ2n) is 6.02. The molecule has 4 heteroatoms. The number of nitrogens with two attached hydrogens (primary N) is 1. The molecule has 0 fully saturated rings. The largest absolute Gasteiger partial charge is 0.338 e. The summed E-state index contributed by atoms with van der Waals surface area (Å²) < 4.78 is 0. The van der Waals surface area contributed by atoms with Gasteiger partial charge in [-0.25, -0.2) is 0 Å². The van der Waals surface area contributed by atoms with Crippen LogP contribution < -0.4 is 5.73 Å². The molecule has 4 nitrogen and oxygen atoms in total. The number of pyridine rings is 1. The molecular weight excluding hydrogens is 284 g/mol. The molecule has 2 aliphatic rings. The third-order valence-electron chi connectivity index (χ3n) is 4.61. The quantitative estimate of drug-likeness (QED) is 0.662. The summed E-state index contributed by atoms with van der Waals surface area (Å²) in [6.45, 7) is 0. The molecule has 23 heavy (non-hydrogen) atoms. The molecule has 2 aromatic rings. The number of nitrogens with one attached hydrogen (secondary N) is 1. The van der Waals surface area contributed by atoms with Gasteiger partial charge in [0.25, 0.3) is 0 Å². The van der Waals surface area contributed by atoms with Crippen LogP contribution in [0.25, 0.3) is 17.7 Å². The smallest absolute Gasteiger partial charge is 0.0857 e. The van der Waals surface area contributed by atoms with Gasteiger partial charge in [-0.1, -0.05) is 18.2 Å². The van der Waals surface area contributed by atoms with Crippen molar-refractivity contribution in [3.05, 3.63) is 70.2 Å². The lowest BCUT2D eigenvalue weighted by Gasteiger charge is -2.24. The van der Waals surface area contributed by atoms with Gasteiger partial charge in [0, 0.05) is 25.4 Å². The number of hydrogen-bond donors (Lipinski definition) is 2. The minimum atomic E-state index is -0.272. The van der Waals surface area contributed by atoms with Crippen LogP contribution in [0, 0.1) is 5.41 Å². The van der Waals surface area contributed by atoms with Crippen molar-refractivity contribution in [3.8, 4) is 0 Å². The van der Waals surface area contributed by atoms with E-state index in [9.17, 15) is 0 Å². The molecule has 2 bridgehead atoms. The number of hydrogen-bond acceptors (Lipinski definition) is 3. The van der Waals surface area contributed by atoms with E-state index in [1.165, 1.54) is 17.5 Å². The first-order valence-electron chi connectivity index (χ1n) is 7.67. The van der Waals surface area contributed by atoms with Gasteiger partial charge in [-0.05, 0) is 52.1 Å². The minimum Gasteiger partial charge on any atom is -0.338 e. The number of likely N-dealkylation sites (N-methyl/N-ethyl adjacent to an activating group) is 1. The van der Waals surface area contributed by atoms with Crippen LogP contribution in [0.5, 0.6) is 0 Å². The Morgan fingerprint density at radius 2 is 2.17 bits per heavy atom. The number of nitrogens with zero attached hydrogens (tertiary/aromatic N) is 2. The summed E-state index contributed by atoms with van der Waals surface area (Å²) in [7, 11) is 1.86. The Kier molecular flexibility index (Phi) is 3.13. The van der Waals surface area contributed by atoms with Crippen LogP contribution in [0.2, 0.25) is 0 Å². The summed E-state index contributed by atoms with van der Waals surface area (Å²) in [5.41, 5.74) is 14.4. The molecule has 0 amide bonds. The van der Waals surface area contributed by atoms with Crippen LogP contribution in [0.1, 0.15) is 27.9 Å². The Morgan fingerprint density at radius 3 is 3.00 bits per heavy atom. The van der Waals surface area contributed by atoms with Crippen molar-refractivity contribution in [2.45, 2.75) is 12.5 Å². The van der Waals surface area contributed by atoms with Crippen LogP contribution in [0.3, 0.4) is 0 Å². The topological polar surface area (TPSA) is 66.0 Å². The Hall–Kier alpha value is -2.72. The summed E-state index contributed by atoms with van der Waals surface area (Å²) in [6.07, 6.45) is 8.17. The molecule has 0 aliphatic heterocycles. The van der Waals surface area contributed by atoms with Crippen LogP contribution in [0.4, 0.5) is 0 Å². The molecule has 2 aliphatic carbocycles. The summed E-state index contributed by atoms with van der Waals surface area (Å²) in [4.78, 5) is 6.31. The van der Waals surface area contributed by atoms with Crippen molar-refractivity contribution in [2.24, 2.45) is 5.73 Å². The molecular formula is C19H18N4. The van der Waals surface area contributed by atoms with Gasteiger partial charge in [-0.15, -0.1) is 0 Å². The number of aromatic nitrogens is 1. The maximum Gasteiger partial charge on any atom is 0.0857 e. The molecule has 114 valence electrons. The molecule has 3 N–H and O–H groups in total. The van der Waals surface area contributed by atoms with Crippen molar-refractivity contribution in [1.29, 1.82) is 5.41 Å². The van der Waals surface area contributed by atoms with E-state index in [0.29, 0.717) is 0 Å². The van der Waals surface area contributed by atoms with Gasteiger partial charge in [-0.3, -0.25) is 10.4 Å². The van der Waals surface area contributed by atoms with E-state index in [4.69, 9.17) is 11.1 Å². The molecule has 0 saturated carbocycles. The molecule has 0 spiro atoms. The Balaban J connectivity index is 1.98. The van der Waals surface area contributed by atoms with E-state index in [-0.39, 0.29) is 6.04 Å². The van der Waals surface area contributed by atoms with E-state index >= 15 is 0 Å². The van der Waals surface area contributed by atoms with Gasteiger partial charge in [-0.2, -0.15) is 0 Å². The first-order chi connectivity index (χ1) is 11.2. The molecule has 0 radical (unpaired) electrons. The lowest BCUT2D eigenvalue weighted by Crippen LogP contribution is -2.32. The fraction of sp³-hybridized carbons (Fsp3) is 0.158. The average Bonchev–Trinajstić information content (AvgIpc) is 2.80. The maximum absolute atomic E-state index is 7.56. The zero-order valence-electron chi connectivity index (χ0n) is 13.0. The fourth-order valence-corrected chi connectivity index (χ4v) is 3.33. The molecule has 4 rings (SSSR count). The molecule has 1 aromatic carbocycles. The third-order valence-corrected chi connectivity index (χ3v) is 4.61. The second-order valence-corrected chi connectivity index (χ2v) is 6.02. The Labute approximate surface area is 135 Å². The van der Waals surface area contributed by atoms with E-state index in [1.807, 2.05) is 19.3 Å². The van der Waals surface area contributed by atoms with Crippen LogP contribution in [-0.4, -0.2) is 29.3 Å². The van der Waals surface area contributed by atoms with Gasteiger partial charge in [0.1, 0.15) is 0 Å². The van der Waals surface area contributed by atoms with Crippen molar-refractivity contribution in [1.82, 2.24) is 9.88 Å². The second kappa shape index (κ2) is 5.18. The standard InChI is InChI=1S/C19H18N4/c1-23(11-20)18-8-12-4-5-13-10-17-14(3-2-6-22-17)9-16(19(18)21)15(13)7-12/h2-9,11,19-20H,10,21H2,1H3. The normalized spacial score (nSPS) is 18.1. The first kappa shape index (κ1) is 13.9. The van der Waals surface area contributed by atoms with E-state index < -0.39 is 0 Å². The summed E-state index contributed by atoms with van der Waals surface area (Å²) in [6, 6.07) is 10.2. The van der Waals surface area contributed by atoms with Crippen molar-refractivity contribution in [3.63, 3.8) is 0 Å². The molecule has 0 saturated heterocycles. The summed E-state index contributed by atoms with van der Waals surface area (Å²) in [5, 5.41) is 7.56. The highest BCUT2D eigenvalue weighted by atomic mass is 15.1. The fourth-order valence-electron chi connectivity index (χ4n) is 3.33. The number of fused-ring (bicyclic) bond motifs is 2. The van der Waals surface area contributed by atoms with E-state index in [2.05, 4.69) is 41.4 Å². The van der Waals surface area contributed by atoms with Crippen molar-refractivity contribution in [2.75, 3.05) is 7.05 Å². The monoisotopic (exact) mass is 302 g/mol. The van der Waals surface area contributed by atoms with E-state index in [0.717, 1.165) is 34.5 Å². The minimum absolute atomic E-state index is 0.272. The van der Waals surface area contributed by atoms with Gasteiger partial charge in [0.2, 0.25) is 0 Å². The zero-order valence-corrected chi connectivity index (χ0v) is 13.0. The van der Waals surface area contributed by atoms with Gasteiger partial charge in [0.05, 0.1) is 18.1 Å². The molecule has 1 unspecified atom stereocenters. The summed E-state index contributed by atoms with van der Waals surface area (Å²) in [5.74, 6) is 0. The number of benzene rings is 1. The molecule has 1 heterocycles. The van der Waals surface area contributed by atoms with Crippen LogP contribution in [0.15, 0.2) is 42.2 Å². The maximum atomic E-state index is 7.56. The van der Waals surface area contributed by atoms with Gasteiger partial charge in [0.15, 0.2) is 0 Å². The zero-order chi connectivity index (χ0) is 16.0. The van der Waals surface area contributed by atoms with Gasteiger partial charge < -0.3 is 10.6 Å². The SMILES string of the molecule is CN(C=N)C1=Cc2ccc3c(c2)C(=Cc2cccnc2C3)C1N. The molecule has 1 atom stereocenters. The van der Waals surface area contributed by atoms with E-state index in [1.54, 1.807) is 4.90 Å². The Morgan fingerprint density at radius 1 is 1.30 bits per heavy atom. The first-order valence-corrected chi connectivity index (χ1v) is 7.67. The highest BCUT2D eigenvalue weighted by molar-refractivity contribution is 5.92. The van der Waals surface area contributed by atoms with Crippen LogP contribution in [-0.2, 0) is 6.42 Å². The summed E-state index contributed by atoms with van der Waals surface area (Å²) >= 11 is 0. The lowest BCUT2D eigenvalue weighted by atomic mass is 9.94. The van der Waals surface area contributed by atoms with Crippen LogP contribution >= 0.6 is 0 Å². The Bertz CT molecular complexity index is 863. The van der Waals surface area contributed by atoms with Crippen molar-refractivity contribution >= 4 is 24.1 Å². The average molecular weight is 302 g/mol. The lowest BCUT2D eigenvalue weighted by molar-refractivity contribution is 0.605. The number of rotatable bonds is 2. The highest BCUT2D eigenvalue weighted by Crippen LogP contribution is 2.36.